The Morgan fingerprint density at radius 2 is 1.97 bits per heavy atom. The highest BCUT2D eigenvalue weighted by atomic mass is 35.5. The Labute approximate surface area is 173 Å². The van der Waals surface area contributed by atoms with Crippen LogP contribution in [-0.2, 0) is 15.7 Å². The SMILES string of the molecule is O=C(O)COCCCNc1cc(Oc2ccc(C(F)(F)F)cc2Cl)ccc1[N+](=O)[O-]. The molecule has 2 aromatic carbocycles. The topological polar surface area (TPSA) is 111 Å². The maximum absolute atomic E-state index is 12.7. The predicted molar refractivity (Wildman–Crippen MR) is 101 cm³/mol. The third kappa shape index (κ3) is 6.78. The van der Waals surface area contributed by atoms with Gasteiger partial charge >= 0.3 is 12.1 Å². The summed E-state index contributed by atoms with van der Waals surface area (Å²) in [6.45, 7) is -0.0766. The number of carboxylic acid groups (broad SMARTS) is 1. The van der Waals surface area contributed by atoms with E-state index in [-0.39, 0.29) is 41.0 Å². The Morgan fingerprint density at radius 1 is 1.23 bits per heavy atom. The lowest BCUT2D eigenvalue weighted by Gasteiger charge is -2.13. The van der Waals surface area contributed by atoms with Gasteiger partial charge in [-0.1, -0.05) is 11.6 Å². The molecule has 2 N–H and O–H groups in total. The van der Waals surface area contributed by atoms with Crippen LogP contribution in [0.1, 0.15) is 12.0 Å². The van der Waals surface area contributed by atoms with Gasteiger partial charge in [0.15, 0.2) is 0 Å². The number of anilines is 1. The monoisotopic (exact) mass is 448 g/mol. The number of ether oxygens (including phenoxy) is 2. The Morgan fingerprint density at radius 3 is 2.57 bits per heavy atom. The van der Waals surface area contributed by atoms with Crippen molar-refractivity contribution < 1.29 is 37.5 Å². The van der Waals surface area contributed by atoms with E-state index in [0.29, 0.717) is 6.42 Å². The van der Waals surface area contributed by atoms with Crippen molar-refractivity contribution in [2.24, 2.45) is 0 Å². The van der Waals surface area contributed by atoms with Crippen LogP contribution in [0.3, 0.4) is 0 Å². The van der Waals surface area contributed by atoms with Crippen molar-refractivity contribution in [3.05, 3.63) is 57.1 Å². The van der Waals surface area contributed by atoms with E-state index in [1.807, 2.05) is 0 Å². The van der Waals surface area contributed by atoms with Crippen LogP contribution in [0.2, 0.25) is 5.02 Å². The van der Waals surface area contributed by atoms with Gasteiger partial charge in [0.1, 0.15) is 23.8 Å². The second kappa shape index (κ2) is 10.1. The predicted octanol–water partition coefficient (Wildman–Crippen LogP) is 4.96. The maximum Gasteiger partial charge on any atom is 0.416 e. The molecular weight excluding hydrogens is 433 g/mol. The molecule has 162 valence electrons. The lowest BCUT2D eigenvalue weighted by Crippen LogP contribution is -2.11. The number of halogens is 4. The largest absolute Gasteiger partial charge is 0.480 e. The van der Waals surface area contributed by atoms with E-state index in [0.717, 1.165) is 18.2 Å². The lowest BCUT2D eigenvalue weighted by atomic mass is 10.2. The fraction of sp³-hybridized carbons (Fsp3) is 0.278. The number of hydrogen-bond acceptors (Lipinski definition) is 6. The van der Waals surface area contributed by atoms with Gasteiger partial charge in [-0.2, -0.15) is 13.2 Å². The third-order valence-corrected chi connectivity index (χ3v) is 3.95. The van der Waals surface area contributed by atoms with Crippen LogP contribution in [0.15, 0.2) is 36.4 Å². The molecule has 0 heterocycles. The number of hydrogen-bond donors (Lipinski definition) is 2. The highest BCUT2D eigenvalue weighted by molar-refractivity contribution is 6.32. The van der Waals surface area contributed by atoms with E-state index < -0.39 is 29.2 Å². The lowest BCUT2D eigenvalue weighted by molar-refractivity contribution is -0.384. The van der Waals surface area contributed by atoms with Gasteiger partial charge in [0, 0.05) is 25.3 Å². The Balaban J connectivity index is 2.09. The highest BCUT2D eigenvalue weighted by Crippen LogP contribution is 2.37. The molecule has 8 nitrogen and oxygen atoms in total. The maximum atomic E-state index is 12.7. The zero-order chi connectivity index (χ0) is 22.3. The number of aliphatic carboxylic acids is 1. The molecule has 12 heteroatoms. The standard InChI is InChI=1S/C18H16ClF3N2O6/c19-13-8-11(18(20,21)22)2-5-16(13)30-12-3-4-15(24(27)28)14(9-12)23-6-1-7-29-10-17(25)26/h2-5,8-9,23H,1,6-7,10H2,(H,25,26). The molecule has 0 saturated carbocycles. The van der Waals surface area contributed by atoms with Crippen molar-refractivity contribution in [3.8, 4) is 11.5 Å². The summed E-state index contributed by atoms with van der Waals surface area (Å²) in [6.07, 6.45) is -4.18. The van der Waals surface area contributed by atoms with Gasteiger partial charge in [0.25, 0.3) is 5.69 Å². The Kier molecular flexibility index (Phi) is 7.84. The number of benzene rings is 2. The normalized spacial score (nSPS) is 11.2. The van der Waals surface area contributed by atoms with E-state index in [2.05, 4.69) is 5.32 Å². The van der Waals surface area contributed by atoms with Gasteiger partial charge in [0.2, 0.25) is 0 Å². The van der Waals surface area contributed by atoms with Gasteiger partial charge in [-0.05, 0) is 30.7 Å². The first-order valence-electron chi connectivity index (χ1n) is 8.44. The van der Waals surface area contributed by atoms with Crippen molar-refractivity contribution in [3.63, 3.8) is 0 Å². The minimum absolute atomic E-state index is 0.0495. The van der Waals surface area contributed by atoms with Gasteiger partial charge in [-0.15, -0.1) is 0 Å². The molecule has 0 bridgehead atoms. The molecule has 2 rings (SSSR count). The molecule has 0 aliphatic carbocycles. The van der Waals surface area contributed by atoms with Gasteiger partial charge in [0.05, 0.1) is 15.5 Å². The average molecular weight is 449 g/mol. The summed E-state index contributed by atoms with van der Waals surface area (Å²) in [7, 11) is 0. The van der Waals surface area contributed by atoms with E-state index in [4.69, 9.17) is 26.2 Å². The van der Waals surface area contributed by atoms with Crippen molar-refractivity contribution in [2.75, 3.05) is 25.1 Å². The zero-order valence-corrected chi connectivity index (χ0v) is 16.0. The van der Waals surface area contributed by atoms with E-state index >= 15 is 0 Å². The number of nitrogens with zero attached hydrogens (tertiary/aromatic N) is 1. The molecule has 0 amide bonds. The van der Waals surface area contributed by atoms with Crippen LogP contribution in [0, 0.1) is 10.1 Å². The first-order valence-corrected chi connectivity index (χ1v) is 8.82. The molecule has 0 aliphatic rings. The molecular formula is C18H16ClF3N2O6. The van der Waals surface area contributed by atoms with Crippen molar-refractivity contribution in [1.82, 2.24) is 0 Å². The van der Waals surface area contributed by atoms with Crippen LogP contribution in [-0.4, -0.2) is 35.8 Å². The number of rotatable bonds is 10. The molecule has 0 aliphatic heterocycles. The van der Waals surface area contributed by atoms with Crippen molar-refractivity contribution in [2.45, 2.75) is 12.6 Å². The Bertz CT molecular complexity index is 923. The van der Waals surface area contributed by atoms with Crippen LogP contribution in [0.25, 0.3) is 0 Å². The molecule has 0 radical (unpaired) electrons. The van der Waals surface area contributed by atoms with Crippen LogP contribution in [0.5, 0.6) is 11.5 Å². The summed E-state index contributed by atoms with van der Waals surface area (Å²) in [5.74, 6) is -1.04. The third-order valence-electron chi connectivity index (χ3n) is 3.66. The molecule has 0 unspecified atom stereocenters. The number of nitrogens with one attached hydrogen (secondary N) is 1. The summed E-state index contributed by atoms with van der Waals surface area (Å²) in [6, 6.07) is 6.36. The van der Waals surface area contributed by atoms with Crippen molar-refractivity contribution in [1.29, 1.82) is 0 Å². The van der Waals surface area contributed by atoms with E-state index in [9.17, 15) is 28.1 Å². The quantitative estimate of drug-likeness (QED) is 0.300. The molecule has 0 atom stereocenters. The number of carboxylic acids is 1. The van der Waals surface area contributed by atoms with Crippen LogP contribution in [0.4, 0.5) is 24.5 Å². The summed E-state index contributed by atoms with van der Waals surface area (Å²) in [5, 5.41) is 22.2. The number of carbonyl (C=O) groups is 1. The fourth-order valence-electron chi connectivity index (χ4n) is 2.32. The average Bonchev–Trinajstić information content (AvgIpc) is 2.65. The van der Waals surface area contributed by atoms with Gasteiger partial charge in [-0.25, -0.2) is 4.79 Å². The number of alkyl halides is 3. The minimum atomic E-state index is -4.55. The van der Waals surface area contributed by atoms with Crippen molar-refractivity contribution >= 4 is 28.9 Å². The molecule has 0 aromatic heterocycles. The van der Waals surface area contributed by atoms with Crippen LogP contribution >= 0.6 is 11.6 Å². The first kappa shape index (κ1) is 23.2. The minimum Gasteiger partial charge on any atom is -0.480 e. The second-order valence-electron chi connectivity index (χ2n) is 5.91. The second-order valence-corrected chi connectivity index (χ2v) is 6.31. The molecule has 0 saturated heterocycles. The number of nitro benzene ring substituents is 1. The van der Waals surface area contributed by atoms with E-state index in [1.165, 1.54) is 18.2 Å². The summed E-state index contributed by atoms with van der Waals surface area (Å²) >= 11 is 5.86. The first-order chi connectivity index (χ1) is 14.1. The Hall–Kier alpha value is -3.05. The number of nitro groups is 1. The molecule has 30 heavy (non-hydrogen) atoms. The molecule has 0 fully saturated rings. The van der Waals surface area contributed by atoms with Gasteiger partial charge in [-0.3, -0.25) is 10.1 Å². The summed E-state index contributed by atoms with van der Waals surface area (Å²) in [4.78, 5) is 20.9. The molecule has 0 spiro atoms. The zero-order valence-electron chi connectivity index (χ0n) is 15.2. The molecule has 2 aromatic rings. The smallest absolute Gasteiger partial charge is 0.416 e. The van der Waals surface area contributed by atoms with E-state index in [1.54, 1.807) is 0 Å². The summed E-state index contributed by atoms with van der Waals surface area (Å²) < 4.78 is 48.5. The highest BCUT2D eigenvalue weighted by Gasteiger charge is 2.31. The fourth-order valence-corrected chi connectivity index (χ4v) is 2.54. The van der Waals surface area contributed by atoms with Crippen LogP contribution < -0.4 is 10.1 Å². The summed E-state index contributed by atoms with van der Waals surface area (Å²) in [5.41, 5.74) is -1.07. The van der Waals surface area contributed by atoms with Gasteiger partial charge < -0.3 is 19.9 Å².